The Morgan fingerprint density at radius 1 is 1.29 bits per heavy atom. The molecule has 21 heavy (non-hydrogen) atoms. The first kappa shape index (κ1) is 15.6. The molecule has 0 amide bonds. The quantitative estimate of drug-likeness (QED) is 0.871. The molecule has 1 unspecified atom stereocenters. The van der Waals surface area contributed by atoms with Crippen molar-refractivity contribution in [3.63, 3.8) is 0 Å². The first-order valence-electron chi connectivity index (χ1n) is 7.02. The second-order valence-electron chi connectivity index (χ2n) is 5.07. The minimum absolute atomic E-state index is 0.516. The maximum absolute atomic E-state index is 11.7. The van der Waals surface area contributed by atoms with E-state index < -0.39 is 11.9 Å². The highest BCUT2D eigenvalue weighted by Gasteiger charge is 2.23. The monoisotopic (exact) mass is 304 g/mol. The van der Waals surface area contributed by atoms with Crippen LogP contribution in [-0.2, 0) is 11.2 Å². The zero-order valence-corrected chi connectivity index (χ0v) is 13.4. The molecule has 1 N–H and O–H groups in total. The van der Waals surface area contributed by atoms with Crippen LogP contribution in [0.4, 0.5) is 0 Å². The minimum atomic E-state index is -0.782. The maximum atomic E-state index is 11.7. The number of carboxylic acid groups (broad SMARTS) is 1. The lowest BCUT2D eigenvalue weighted by Gasteiger charge is -2.16. The van der Waals surface area contributed by atoms with Gasteiger partial charge in [0.15, 0.2) is 0 Å². The summed E-state index contributed by atoms with van der Waals surface area (Å²) in [6.07, 6.45) is 0.535. The third-order valence-corrected chi connectivity index (χ3v) is 4.63. The third-order valence-electron chi connectivity index (χ3n) is 3.58. The highest BCUT2D eigenvalue weighted by molar-refractivity contribution is 7.10. The Balaban J connectivity index is 2.30. The number of aryl methyl sites for hydroxylation is 2. The van der Waals surface area contributed by atoms with E-state index in [4.69, 9.17) is 4.74 Å². The summed E-state index contributed by atoms with van der Waals surface area (Å²) in [5.41, 5.74) is 2.98. The minimum Gasteiger partial charge on any atom is -0.494 e. The molecule has 1 aromatic carbocycles. The number of rotatable bonds is 6. The van der Waals surface area contributed by atoms with Gasteiger partial charge >= 0.3 is 5.97 Å². The molecule has 3 nitrogen and oxygen atoms in total. The first-order valence-corrected chi connectivity index (χ1v) is 7.90. The SMILES string of the molecule is CCOc1ccc(C(Cc2sccc2C)C(=O)O)c(C)c1. The molecule has 0 aliphatic heterocycles. The van der Waals surface area contributed by atoms with Crippen molar-refractivity contribution in [3.8, 4) is 5.75 Å². The van der Waals surface area contributed by atoms with Crippen molar-refractivity contribution in [1.82, 2.24) is 0 Å². The number of carbonyl (C=O) groups is 1. The zero-order chi connectivity index (χ0) is 15.4. The standard InChI is InChI=1S/C17H20O3S/c1-4-20-13-5-6-14(12(3)9-13)15(17(18)19)10-16-11(2)7-8-21-16/h5-9,15H,4,10H2,1-3H3,(H,18,19). The summed E-state index contributed by atoms with van der Waals surface area (Å²) in [6.45, 7) is 6.50. The van der Waals surface area contributed by atoms with Gasteiger partial charge in [0.25, 0.3) is 0 Å². The molecular formula is C17H20O3S. The molecular weight excluding hydrogens is 284 g/mol. The van der Waals surface area contributed by atoms with Crippen LogP contribution in [0, 0.1) is 13.8 Å². The molecule has 0 radical (unpaired) electrons. The maximum Gasteiger partial charge on any atom is 0.311 e. The van der Waals surface area contributed by atoms with Gasteiger partial charge in [0.2, 0.25) is 0 Å². The first-order chi connectivity index (χ1) is 10.0. The van der Waals surface area contributed by atoms with Crippen LogP contribution < -0.4 is 4.74 Å². The van der Waals surface area contributed by atoms with Gasteiger partial charge in [-0.25, -0.2) is 0 Å². The highest BCUT2D eigenvalue weighted by atomic mass is 32.1. The molecule has 0 spiro atoms. The highest BCUT2D eigenvalue weighted by Crippen LogP contribution is 2.30. The number of benzene rings is 1. The van der Waals surface area contributed by atoms with Crippen LogP contribution in [0.15, 0.2) is 29.6 Å². The van der Waals surface area contributed by atoms with Crippen LogP contribution in [0.1, 0.15) is 34.4 Å². The second kappa shape index (κ2) is 6.76. The number of thiophene rings is 1. The Bertz CT molecular complexity index is 631. The van der Waals surface area contributed by atoms with Crippen LogP contribution in [0.2, 0.25) is 0 Å². The number of carboxylic acids is 1. The summed E-state index contributed by atoms with van der Waals surface area (Å²) in [5, 5.41) is 11.6. The van der Waals surface area contributed by atoms with Gasteiger partial charge in [0.1, 0.15) is 5.75 Å². The molecule has 2 rings (SSSR count). The van der Waals surface area contributed by atoms with Gasteiger partial charge in [-0.1, -0.05) is 6.07 Å². The van der Waals surface area contributed by atoms with Gasteiger partial charge in [-0.2, -0.15) is 0 Å². The average molecular weight is 304 g/mol. The van der Waals surface area contributed by atoms with Crippen molar-refractivity contribution in [2.75, 3.05) is 6.61 Å². The van der Waals surface area contributed by atoms with Crippen molar-refractivity contribution in [3.05, 3.63) is 51.2 Å². The third kappa shape index (κ3) is 3.64. The average Bonchev–Trinajstić information content (AvgIpc) is 2.82. The Morgan fingerprint density at radius 2 is 2.05 bits per heavy atom. The molecule has 1 atom stereocenters. The fourth-order valence-corrected chi connectivity index (χ4v) is 3.38. The molecule has 0 fully saturated rings. The summed E-state index contributed by atoms with van der Waals surface area (Å²) in [7, 11) is 0. The Kier molecular flexibility index (Phi) is 5.02. The van der Waals surface area contributed by atoms with E-state index in [1.54, 1.807) is 11.3 Å². The topological polar surface area (TPSA) is 46.5 Å². The van der Waals surface area contributed by atoms with E-state index in [-0.39, 0.29) is 0 Å². The molecule has 0 saturated carbocycles. The van der Waals surface area contributed by atoms with E-state index in [0.29, 0.717) is 13.0 Å². The van der Waals surface area contributed by atoms with E-state index in [1.165, 1.54) is 0 Å². The normalized spacial score (nSPS) is 12.1. The predicted molar refractivity (Wildman–Crippen MR) is 85.5 cm³/mol. The molecule has 0 aliphatic carbocycles. The van der Waals surface area contributed by atoms with Gasteiger partial charge in [-0.3, -0.25) is 4.79 Å². The van der Waals surface area contributed by atoms with Crippen LogP contribution in [-0.4, -0.2) is 17.7 Å². The molecule has 112 valence electrons. The Hall–Kier alpha value is -1.81. The smallest absolute Gasteiger partial charge is 0.311 e. The van der Waals surface area contributed by atoms with Crippen molar-refractivity contribution in [2.24, 2.45) is 0 Å². The molecule has 1 heterocycles. The van der Waals surface area contributed by atoms with E-state index in [0.717, 1.165) is 27.3 Å². The van der Waals surface area contributed by atoms with Crippen molar-refractivity contribution < 1.29 is 14.6 Å². The molecule has 4 heteroatoms. The molecule has 0 saturated heterocycles. The van der Waals surface area contributed by atoms with Gasteiger partial charge < -0.3 is 9.84 Å². The van der Waals surface area contributed by atoms with Crippen molar-refractivity contribution in [1.29, 1.82) is 0 Å². The van der Waals surface area contributed by atoms with Crippen molar-refractivity contribution in [2.45, 2.75) is 33.1 Å². The predicted octanol–water partition coefficient (Wildman–Crippen LogP) is 4.17. The van der Waals surface area contributed by atoms with E-state index in [2.05, 4.69) is 0 Å². The molecule has 0 aliphatic rings. The molecule has 2 aromatic rings. The van der Waals surface area contributed by atoms with Gasteiger partial charge in [-0.15, -0.1) is 11.3 Å². The Morgan fingerprint density at radius 3 is 2.57 bits per heavy atom. The summed E-state index contributed by atoms with van der Waals surface area (Å²) >= 11 is 1.62. The fourth-order valence-electron chi connectivity index (χ4n) is 2.42. The lowest BCUT2D eigenvalue weighted by atomic mass is 9.91. The van der Waals surface area contributed by atoms with Gasteiger partial charge in [-0.05, 0) is 67.5 Å². The van der Waals surface area contributed by atoms with Gasteiger partial charge in [0, 0.05) is 4.88 Å². The van der Waals surface area contributed by atoms with Crippen molar-refractivity contribution >= 4 is 17.3 Å². The van der Waals surface area contributed by atoms with Crippen LogP contribution in [0.25, 0.3) is 0 Å². The Labute approximate surface area is 129 Å². The van der Waals surface area contributed by atoms with Gasteiger partial charge in [0.05, 0.1) is 12.5 Å². The van der Waals surface area contributed by atoms with Crippen LogP contribution >= 0.6 is 11.3 Å². The lowest BCUT2D eigenvalue weighted by Crippen LogP contribution is -2.15. The number of hydrogen-bond donors (Lipinski definition) is 1. The number of ether oxygens (including phenoxy) is 1. The zero-order valence-electron chi connectivity index (χ0n) is 12.6. The number of aliphatic carboxylic acids is 1. The summed E-state index contributed by atoms with van der Waals surface area (Å²) < 4.78 is 5.46. The molecule has 1 aromatic heterocycles. The van der Waals surface area contributed by atoms with E-state index in [9.17, 15) is 9.90 Å². The summed E-state index contributed by atoms with van der Waals surface area (Å²) in [4.78, 5) is 12.8. The fraction of sp³-hybridized carbons (Fsp3) is 0.353. The number of hydrogen-bond acceptors (Lipinski definition) is 3. The van der Waals surface area contributed by atoms with Crippen LogP contribution in [0.5, 0.6) is 5.75 Å². The lowest BCUT2D eigenvalue weighted by molar-refractivity contribution is -0.138. The summed E-state index contributed by atoms with van der Waals surface area (Å²) in [6, 6.07) is 7.67. The largest absolute Gasteiger partial charge is 0.494 e. The van der Waals surface area contributed by atoms with Crippen LogP contribution in [0.3, 0.4) is 0 Å². The molecule has 0 bridgehead atoms. The van der Waals surface area contributed by atoms with E-state index in [1.807, 2.05) is 50.4 Å². The summed E-state index contributed by atoms with van der Waals surface area (Å²) in [5.74, 6) is -0.511. The van der Waals surface area contributed by atoms with E-state index >= 15 is 0 Å². The second-order valence-corrected chi connectivity index (χ2v) is 6.07.